The van der Waals surface area contributed by atoms with Crippen LogP contribution in [0.1, 0.15) is 51.9 Å². The number of carbonyl (C=O) groups is 3. The summed E-state index contributed by atoms with van der Waals surface area (Å²) in [5, 5.41) is 28.9. The van der Waals surface area contributed by atoms with E-state index in [1.165, 1.54) is 25.7 Å². The molecule has 24 heavy (non-hydrogen) atoms. The van der Waals surface area contributed by atoms with E-state index in [1.54, 1.807) is 0 Å². The van der Waals surface area contributed by atoms with Crippen LogP contribution in [-0.2, 0) is 14.4 Å². The van der Waals surface area contributed by atoms with Gasteiger partial charge in [-0.2, -0.15) is 0 Å². The van der Waals surface area contributed by atoms with Crippen molar-refractivity contribution in [1.29, 1.82) is 0 Å². The Hall–Kier alpha value is -1.89. The average Bonchev–Trinajstić information content (AvgIpc) is 2.43. The minimum absolute atomic E-state index is 0.138. The molecule has 7 nitrogen and oxygen atoms in total. The molecule has 0 aliphatic rings. The topological polar surface area (TPSA) is 115 Å². The highest BCUT2D eigenvalue weighted by Crippen LogP contribution is 2.10. The van der Waals surface area contributed by atoms with Crippen LogP contribution in [0.4, 0.5) is 0 Å². The molecule has 0 aromatic rings. The van der Waals surface area contributed by atoms with E-state index in [-0.39, 0.29) is 6.54 Å². The smallest absolute Gasteiger partial charge is 0.359 e. The second-order valence-electron chi connectivity index (χ2n) is 6.16. The van der Waals surface area contributed by atoms with Crippen LogP contribution in [0, 0.1) is 0 Å². The molecule has 0 heterocycles. The van der Waals surface area contributed by atoms with Crippen LogP contribution in [0.25, 0.3) is 0 Å². The van der Waals surface area contributed by atoms with Crippen molar-refractivity contribution in [1.82, 2.24) is 0 Å². The van der Waals surface area contributed by atoms with Gasteiger partial charge in [-0.15, -0.1) is 0 Å². The molecule has 0 fully saturated rings. The molecule has 2 N–H and O–H groups in total. The second kappa shape index (κ2) is 12.5. The fraction of sp³-hybridized carbons (Fsp3) is 0.706. The van der Waals surface area contributed by atoms with Gasteiger partial charge in [-0.25, -0.2) is 9.59 Å². The van der Waals surface area contributed by atoms with Crippen LogP contribution >= 0.6 is 0 Å². The van der Waals surface area contributed by atoms with Gasteiger partial charge in [-0.05, 0) is 12.8 Å². The highest BCUT2D eigenvalue weighted by atomic mass is 16.4. The fourth-order valence-electron chi connectivity index (χ4n) is 2.70. The highest BCUT2D eigenvalue weighted by molar-refractivity contribution is 5.72. The van der Waals surface area contributed by atoms with Gasteiger partial charge in [0.1, 0.15) is 6.54 Å². The van der Waals surface area contributed by atoms with Crippen molar-refractivity contribution in [3.63, 3.8) is 0 Å². The number of aliphatic carboxylic acids is 3. The maximum atomic E-state index is 11.0. The van der Waals surface area contributed by atoms with E-state index in [0.29, 0.717) is 6.42 Å². The number of carboxylic acids is 3. The van der Waals surface area contributed by atoms with Gasteiger partial charge >= 0.3 is 11.9 Å². The Labute approximate surface area is 143 Å². The van der Waals surface area contributed by atoms with E-state index < -0.39 is 42.0 Å². The number of allylic oxidation sites excluding steroid dienone is 1. The van der Waals surface area contributed by atoms with Crippen molar-refractivity contribution in [2.75, 3.05) is 26.2 Å². The van der Waals surface area contributed by atoms with Gasteiger partial charge in [0, 0.05) is 6.42 Å². The number of quaternary nitrogens is 1. The van der Waals surface area contributed by atoms with E-state index in [9.17, 15) is 19.5 Å². The molecule has 0 aromatic carbocycles. The summed E-state index contributed by atoms with van der Waals surface area (Å²) in [4.78, 5) is 32.9. The number of hydrogen-bond donors (Lipinski definition) is 2. The number of nitrogens with zero attached hydrogens (tertiary/aromatic N) is 1. The zero-order chi connectivity index (χ0) is 18.4. The monoisotopic (exact) mass is 343 g/mol. The lowest BCUT2D eigenvalue weighted by molar-refractivity contribution is -0.908. The van der Waals surface area contributed by atoms with Crippen molar-refractivity contribution in [3.8, 4) is 0 Å². The third-order valence-electron chi connectivity index (χ3n) is 3.82. The number of carbonyl (C=O) groups excluding carboxylic acids is 1. The van der Waals surface area contributed by atoms with E-state index in [4.69, 9.17) is 10.2 Å². The summed E-state index contributed by atoms with van der Waals surface area (Å²) in [6.07, 6.45) is 11.1. The first kappa shape index (κ1) is 22.1. The van der Waals surface area contributed by atoms with Gasteiger partial charge in [-0.1, -0.05) is 44.8 Å². The summed E-state index contributed by atoms with van der Waals surface area (Å²) in [5.41, 5.74) is 0. The van der Waals surface area contributed by atoms with Gasteiger partial charge in [0.25, 0.3) is 0 Å². The molecule has 138 valence electrons. The minimum Gasteiger partial charge on any atom is -0.544 e. The van der Waals surface area contributed by atoms with Crippen LogP contribution < -0.4 is 5.11 Å². The summed E-state index contributed by atoms with van der Waals surface area (Å²) in [5.74, 6) is -3.90. The maximum absolute atomic E-state index is 11.0. The molecule has 0 aromatic heterocycles. The lowest BCUT2D eigenvalue weighted by Gasteiger charge is -2.35. The predicted molar refractivity (Wildman–Crippen MR) is 87.1 cm³/mol. The lowest BCUT2D eigenvalue weighted by Crippen LogP contribution is -2.59. The zero-order valence-corrected chi connectivity index (χ0v) is 14.4. The molecule has 0 atom stereocenters. The van der Waals surface area contributed by atoms with Crippen molar-refractivity contribution < 1.29 is 34.2 Å². The second-order valence-corrected chi connectivity index (χ2v) is 6.16. The normalized spacial score (nSPS) is 11.7. The summed E-state index contributed by atoms with van der Waals surface area (Å²) < 4.78 is -0.548. The standard InChI is InChI=1S/C17H29NO6/c1-2-3-4-5-6-7-8-9-10-11-18(12-15(19)20,13-16(21)22)14-17(23)24/h8-9H,2-7,10-14H2,1H3,(H2-,19,20,21,22,23,24)/b9-8+. The van der Waals surface area contributed by atoms with E-state index in [0.717, 1.165) is 12.8 Å². The number of carboxylic acid groups (broad SMARTS) is 3. The van der Waals surface area contributed by atoms with Gasteiger partial charge in [0.2, 0.25) is 0 Å². The highest BCUT2D eigenvalue weighted by Gasteiger charge is 2.32. The molecule has 0 rings (SSSR count). The number of unbranched alkanes of at least 4 members (excludes halogenated alkanes) is 5. The van der Waals surface area contributed by atoms with Crippen LogP contribution in [0.15, 0.2) is 12.2 Å². The molecule has 0 bridgehead atoms. The molecule has 0 spiro atoms. The average molecular weight is 343 g/mol. The van der Waals surface area contributed by atoms with Crippen molar-refractivity contribution >= 4 is 17.9 Å². The first-order valence-corrected chi connectivity index (χ1v) is 8.45. The third-order valence-corrected chi connectivity index (χ3v) is 3.82. The van der Waals surface area contributed by atoms with Crippen molar-refractivity contribution in [3.05, 3.63) is 12.2 Å². The molecule has 0 aliphatic heterocycles. The zero-order valence-electron chi connectivity index (χ0n) is 14.4. The summed E-state index contributed by atoms with van der Waals surface area (Å²) in [6.45, 7) is 0.573. The fourth-order valence-corrected chi connectivity index (χ4v) is 2.70. The molecule has 7 heteroatoms. The summed E-state index contributed by atoms with van der Waals surface area (Å²) in [7, 11) is 0. The molecular formula is C17H29NO6. The Kier molecular flexibility index (Phi) is 11.5. The molecule has 0 amide bonds. The Morgan fingerprint density at radius 2 is 1.42 bits per heavy atom. The number of hydrogen-bond acceptors (Lipinski definition) is 4. The third kappa shape index (κ3) is 11.6. The Morgan fingerprint density at radius 1 is 0.875 bits per heavy atom. The first-order chi connectivity index (χ1) is 11.3. The molecular weight excluding hydrogens is 314 g/mol. The molecule has 0 unspecified atom stereocenters. The predicted octanol–water partition coefficient (Wildman–Crippen LogP) is 1.03. The van der Waals surface area contributed by atoms with Gasteiger partial charge in [0.15, 0.2) is 13.1 Å². The van der Waals surface area contributed by atoms with E-state index >= 15 is 0 Å². The largest absolute Gasteiger partial charge is 0.544 e. The first-order valence-electron chi connectivity index (χ1n) is 8.45. The van der Waals surface area contributed by atoms with Crippen molar-refractivity contribution in [2.45, 2.75) is 51.9 Å². The molecule has 0 saturated carbocycles. The van der Waals surface area contributed by atoms with Gasteiger partial charge in [-0.3, -0.25) is 0 Å². The lowest BCUT2D eigenvalue weighted by atomic mass is 10.1. The molecule has 0 radical (unpaired) electrons. The van der Waals surface area contributed by atoms with Crippen LogP contribution in [-0.4, -0.2) is 58.8 Å². The minimum atomic E-state index is -1.45. The summed E-state index contributed by atoms with van der Waals surface area (Å²) >= 11 is 0. The maximum Gasteiger partial charge on any atom is 0.359 e. The van der Waals surface area contributed by atoms with Crippen LogP contribution in [0.3, 0.4) is 0 Å². The SMILES string of the molecule is CCCCCCC/C=C/CC[N+](CC(=O)[O-])(CC(=O)O)CC(=O)O. The van der Waals surface area contributed by atoms with E-state index in [2.05, 4.69) is 6.92 Å². The van der Waals surface area contributed by atoms with Crippen molar-refractivity contribution in [2.24, 2.45) is 0 Å². The van der Waals surface area contributed by atoms with E-state index in [1.807, 2.05) is 12.2 Å². The van der Waals surface area contributed by atoms with Crippen LogP contribution in [0.2, 0.25) is 0 Å². The van der Waals surface area contributed by atoms with Crippen LogP contribution in [0.5, 0.6) is 0 Å². The Balaban J connectivity index is 4.50. The Morgan fingerprint density at radius 3 is 1.92 bits per heavy atom. The Bertz CT molecular complexity index is 392. The van der Waals surface area contributed by atoms with Gasteiger partial charge in [0.05, 0.1) is 12.5 Å². The van der Waals surface area contributed by atoms with Gasteiger partial charge < -0.3 is 24.6 Å². The number of rotatable bonds is 15. The molecule has 0 saturated heterocycles. The summed E-state index contributed by atoms with van der Waals surface area (Å²) in [6, 6.07) is 0. The molecule has 0 aliphatic carbocycles. The quantitative estimate of drug-likeness (QED) is 0.261.